The van der Waals surface area contributed by atoms with Crippen LogP contribution in [0.3, 0.4) is 0 Å². The summed E-state index contributed by atoms with van der Waals surface area (Å²) < 4.78 is 0. The van der Waals surface area contributed by atoms with Crippen molar-refractivity contribution < 1.29 is 4.98 Å². The van der Waals surface area contributed by atoms with E-state index in [0.29, 0.717) is 0 Å². The van der Waals surface area contributed by atoms with Crippen LogP contribution in [0, 0.1) is 13.8 Å². The summed E-state index contributed by atoms with van der Waals surface area (Å²) in [6, 6.07) is 13.5. The molecule has 1 aliphatic rings. The van der Waals surface area contributed by atoms with Crippen molar-refractivity contribution in [1.82, 2.24) is 0 Å². The van der Waals surface area contributed by atoms with E-state index in [-0.39, 0.29) is 0 Å². The fourth-order valence-electron chi connectivity index (χ4n) is 3.22. The Labute approximate surface area is 128 Å². The first-order valence-electron chi connectivity index (χ1n) is 7.12. The van der Waals surface area contributed by atoms with Crippen molar-refractivity contribution >= 4 is 16.5 Å². The van der Waals surface area contributed by atoms with Gasteiger partial charge in [0.1, 0.15) is 5.69 Å². The van der Waals surface area contributed by atoms with Crippen LogP contribution in [0.25, 0.3) is 22.4 Å². The molecule has 0 unspecified atom stereocenters. The van der Waals surface area contributed by atoms with Crippen LogP contribution in [-0.2, 0) is 6.42 Å². The zero-order valence-corrected chi connectivity index (χ0v) is 13.0. The number of nitrogens with one attached hydrogen (secondary N) is 1. The van der Waals surface area contributed by atoms with E-state index < -0.39 is 0 Å². The lowest BCUT2D eigenvalue weighted by molar-refractivity contribution is -0.340. The van der Waals surface area contributed by atoms with Gasteiger partial charge in [-0.1, -0.05) is 52.8 Å². The summed E-state index contributed by atoms with van der Waals surface area (Å²) in [6.07, 6.45) is 0.988. The summed E-state index contributed by atoms with van der Waals surface area (Å²) in [6.45, 7) is 4.30. The smallest absolute Gasteiger partial charge is 0.278 e. The molecule has 1 heterocycles. The zero-order valence-electron chi connectivity index (χ0n) is 12.2. The van der Waals surface area contributed by atoms with Gasteiger partial charge >= 0.3 is 5.13 Å². The summed E-state index contributed by atoms with van der Waals surface area (Å²) >= 11 is 1.66. The lowest BCUT2D eigenvalue weighted by atomic mass is 9.97. The minimum absolute atomic E-state index is 0.795. The number of aryl methyl sites for hydroxylation is 2. The lowest BCUT2D eigenvalue weighted by Gasteiger charge is -2.07. The van der Waals surface area contributed by atoms with Gasteiger partial charge in [-0.25, -0.2) is 4.98 Å². The van der Waals surface area contributed by atoms with E-state index in [2.05, 4.69) is 55.2 Å². The molecule has 3 N–H and O–H groups in total. The van der Waals surface area contributed by atoms with Crippen LogP contribution in [0.2, 0.25) is 0 Å². The van der Waals surface area contributed by atoms with Gasteiger partial charge in [-0.3, -0.25) is 5.73 Å². The Hall–Kier alpha value is -2.13. The number of anilines is 1. The Morgan fingerprint density at radius 2 is 1.76 bits per heavy atom. The molecule has 1 aliphatic carbocycles. The average molecular weight is 293 g/mol. The largest absolute Gasteiger partial charge is 0.330 e. The topological polar surface area (TPSA) is 40.2 Å². The van der Waals surface area contributed by atoms with Gasteiger partial charge in [-0.2, -0.15) is 0 Å². The first kappa shape index (κ1) is 12.6. The highest BCUT2D eigenvalue weighted by atomic mass is 32.1. The van der Waals surface area contributed by atoms with Crippen LogP contribution >= 0.6 is 11.3 Å². The molecule has 21 heavy (non-hydrogen) atoms. The number of nitrogens with two attached hydrogens (primary N) is 1. The normalized spacial score (nSPS) is 12.3. The van der Waals surface area contributed by atoms with E-state index in [1.54, 1.807) is 11.3 Å². The lowest BCUT2D eigenvalue weighted by Crippen LogP contribution is -2.06. The maximum Gasteiger partial charge on any atom is 0.330 e. The van der Waals surface area contributed by atoms with Gasteiger partial charge in [-0.05, 0) is 36.6 Å². The van der Waals surface area contributed by atoms with Gasteiger partial charge in [-0.15, -0.1) is 0 Å². The Balaban J connectivity index is 1.82. The molecule has 3 heteroatoms. The maximum absolute atomic E-state index is 5.86. The van der Waals surface area contributed by atoms with Gasteiger partial charge in [0.15, 0.2) is 0 Å². The third-order valence-corrected chi connectivity index (χ3v) is 4.96. The van der Waals surface area contributed by atoms with Crippen LogP contribution in [0.1, 0.15) is 21.6 Å². The molecule has 0 saturated heterocycles. The summed E-state index contributed by atoms with van der Waals surface area (Å²) in [5.41, 5.74) is 15.0. The predicted octanol–water partition coefficient (Wildman–Crippen LogP) is 4.00. The molecule has 0 amide bonds. The molecule has 0 aliphatic heterocycles. The highest BCUT2D eigenvalue weighted by Gasteiger charge is 2.25. The molecular weight excluding hydrogens is 276 g/mol. The summed E-state index contributed by atoms with van der Waals surface area (Å²) in [5.74, 6) is 0. The molecule has 0 saturated carbocycles. The molecule has 2 aromatic carbocycles. The van der Waals surface area contributed by atoms with E-state index in [1.807, 2.05) is 0 Å². The number of thiazole rings is 1. The van der Waals surface area contributed by atoms with E-state index in [1.165, 1.54) is 44.0 Å². The van der Waals surface area contributed by atoms with Crippen LogP contribution in [0.4, 0.5) is 5.13 Å². The molecule has 0 spiro atoms. The van der Waals surface area contributed by atoms with Crippen LogP contribution < -0.4 is 10.7 Å². The molecule has 4 rings (SSSR count). The first-order chi connectivity index (χ1) is 10.1. The molecule has 2 nitrogen and oxygen atoms in total. The molecule has 3 aromatic rings. The minimum Gasteiger partial charge on any atom is -0.278 e. The van der Waals surface area contributed by atoms with Crippen molar-refractivity contribution in [2.75, 3.05) is 5.73 Å². The third kappa shape index (κ3) is 2.05. The van der Waals surface area contributed by atoms with E-state index >= 15 is 0 Å². The van der Waals surface area contributed by atoms with Crippen molar-refractivity contribution in [3.8, 4) is 22.4 Å². The van der Waals surface area contributed by atoms with E-state index in [9.17, 15) is 0 Å². The third-order valence-electron chi connectivity index (χ3n) is 4.04. The van der Waals surface area contributed by atoms with Gasteiger partial charge in [0, 0.05) is 12.0 Å². The summed E-state index contributed by atoms with van der Waals surface area (Å²) in [5, 5.41) is 0.795. The summed E-state index contributed by atoms with van der Waals surface area (Å²) in [7, 11) is 0. The Morgan fingerprint density at radius 3 is 2.52 bits per heavy atom. The Bertz CT molecular complexity index is 841. The zero-order chi connectivity index (χ0) is 14.6. The SMILES string of the molecule is Cc1cc(C)cc(-c2ccc3c(c2)Cc2sc(N)[nH+]c2-3)c1. The monoisotopic (exact) mass is 293 g/mol. The molecule has 0 bridgehead atoms. The minimum atomic E-state index is 0.795. The van der Waals surface area contributed by atoms with Crippen molar-refractivity contribution in [3.05, 3.63) is 58.0 Å². The van der Waals surface area contributed by atoms with Gasteiger partial charge in [0.05, 0.1) is 4.88 Å². The molecule has 0 fully saturated rings. The average Bonchev–Trinajstić information content (AvgIpc) is 2.92. The van der Waals surface area contributed by atoms with E-state index in [0.717, 1.165) is 11.6 Å². The number of benzene rings is 2. The molecule has 0 atom stereocenters. The summed E-state index contributed by atoms with van der Waals surface area (Å²) in [4.78, 5) is 4.63. The Morgan fingerprint density at radius 1 is 1.00 bits per heavy atom. The van der Waals surface area contributed by atoms with Gasteiger partial charge in [0.25, 0.3) is 0 Å². The van der Waals surface area contributed by atoms with Crippen molar-refractivity contribution in [2.45, 2.75) is 20.3 Å². The number of fused-ring (bicyclic) bond motifs is 3. The van der Waals surface area contributed by atoms with Crippen molar-refractivity contribution in [2.24, 2.45) is 0 Å². The van der Waals surface area contributed by atoms with Crippen LogP contribution in [0.5, 0.6) is 0 Å². The fraction of sp³-hybridized carbons (Fsp3) is 0.167. The second-order valence-electron chi connectivity index (χ2n) is 5.81. The van der Waals surface area contributed by atoms with E-state index in [4.69, 9.17) is 5.73 Å². The van der Waals surface area contributed by atoms with Crippen LogP contribution in [-0.4, -0.2) is 0 Å². The number of nitrogen functional groups attached to an aromatic ring is 1. The quantitative estimate of drug-likeness (QED) is 0.566. The van der Waals surface area contributed by atoms with Crippen LogP contribution in [0.15, 0.2) is 36.4 Å². The molecule has 0 radical (unpaired) electrons. The standard InChI is InChI=1S/C18H16N2S/c1-10-5-11(2)7-13(6-10)12-3-4-15-14(8-12)9-16-17(15)20-18(19)21-16/h3-8H,9H2,1-2H3,(H2,19,20)/p+1. The van der Waals surface area contributed by atoms with Gasteiger partial charge in [0.2, 0.25) is 0 Å². The first-order valence-corrected chi connectivity index (χ1v) is 7.94. The number of aromatic amines is 1. The Kier molecular flexibility index (Phi) is 2.66. The second kappa shape index (κ2) is 4.43. The number of hydrogen-bond donors (Lipinski definition) is 1. The highest BCUT2D eigenvalue weighted by molar-refractivity contribution is 7.15. The number of aromatic nitrogens is 1. The molecule has 104 valence electrons. The van der Waals surface area contributed by atoms with Crippen molar-refractivity contribution in [3.63, 3.8) is 0 Å². The van der Waals surface area contributed by atoms with Gasteiger partial charge < -0.3 is 0 Å². The number of rotatable bonds is 1. The highest BCUT2D eigenvalue weighted by Crippen LogP contribution is 2.39. The fourth-order valence-corrected chi connectivity index (χ4v) is 4.13. The maximum atomic E-state index is 5.86. The molecular formula is C18H17N2S+. The molecule has 1 aromatic heterocycles. The second-order valence-corrected chi connectivity index (χ2v) is 6.95. The predicted molar refractivity (Wildman–Crippen MR) is 88.4 cm³/mol. The number of H-pyrrole nitrogens is 1. The number of hydrogen-bond acceptors (Lipinski definition) is 2. The van der Waals surface area contributed by atoms with Crippen molar-refractivity contribution in [1.29, 1.82) is 0 Å².